The predicted octanol–water partition coefficient (Wildman–Crippen LogP) is 4.24. The summed E-state index contributed by atoms with van der Waals surface area (Å²) in [5.41, 5.74) is 1.52. The average Bonchev–Trinajstić information content (AvgIpc) is 2.60. The summed E-state index contributed by atoms with van der Waals surface area (Å²) in [6.45, 7) is 3.39. The molecule has 3 nitrogen and oxygen atoms in total. The Morgan fingerprint density at radius 2 is 2.12 bits per heavy atom. The lowest BCUT2D eigenvalue weighted by molar-refractivity contribution is 0.102. The number of thiazole rings is 1. The van der Waals surface area contributed by atoms with Crippen LogP contribution in [0.4, 0.5) is 0 Å². The van der Waals surface area contributed by atoms with E-state index in [2.05, 4.69) is 41.8 Å². The number of halogens is 2. The zero-order valence-corrected chi connectivity index (χ0v) is 13.1. The van der Waals surface area contributed by atoms with Gasteiger partial charge in [-0.15, -0.1) is 11.3 Å². The van der Waals surface area contributed by atoms with Gasteiger partial charge in [-0.2, -0.15) is 0 Å². The molecule has 0 radical (unpaired) electrons. The minimum Gasteiger partial charge on any atom is -0.294 e. The molecule has 0 unspecified atom stereocenters. The quantitative estimate of drug-likeness (QED) is 0.737. The molecule has 0 aromatic carbocycles. The summed E-state index contributed by atoms with van der Waals surface area (Å²) in [6, 6.07) is 1.91. The van der Waals surface area contributed by atoms with Crippen LogP contribution in [0.1, 0.15) is 22.3 Å². The highest BCUT2D eigenvalue weighted by molar-refractivity contribution is 9.11. The fourth-order valence-electron chi connectivity index (χ4n) is 1.40. The van der Waals surface area contributed by atoms with Crippen molar-refractivity contribution in [3.8, 4) is 10.7 Å². The first-order chi connectivity index (χ1) is 7.99. The van der Waals surface area contributed by atoms with Crippen LogP contribution in [0.25, 0.3) is 10.7 Å². The van der Waals surface area contributed by atoms with E-state index in [-0.39, 0.29) is 5.78 Å². The van der Waals surface area contributed by atoms with Gasteiger partial charge in [0.25, 0.3) is 0 Å². The van der Waals surface area contributed by atoms with E-state index >= 15 is 0 Å². The van der Waals surface area contributed by atoms with Crippen LogP contribution in [0.5, 0.6) is 0 Å². The third-order valence-corrected chi connectivity index (χ3v) is 4.43. The molecule has 0 N–H and O–H groups in total. The molecule has 2 aromatic rings. The van der Waals surface area contributed by atoms with Gasteiger partial charge in [0.05, 0.1) is 10.6 Å². The number of carbonyl (C=O) groups excluding carboxylic acids is 1. The molecule has 2 rings (SSSR count). The van der Waals surface area contributed by atoms with Crippen molar-refractivity contribution in [1.29, 1.82) is 0 Å². The van der Waals surface area contributed by atoms with E-state index in [0.717, 1.165) is 25.3 Å². The van der Waals surface area contributed by atoms with Gasteiger partial charge in [-0.05, 0) is 44.8 Å². The first-order valence-corrected chi connectivity index (χ1v) is 7.19. The van der Waals surface area contributed by atoms with E-state index in [1.807, 2.05) is 13.0 Å². The highest BCUT2D eigenvalue weighted by Crippen LogP contribution is 2.32. The van der Waals surface area contributed by atoms with Crippen molar-refractivity contribution in [2.45, 2.75) is 13.8 Å². The number of aromatic nitrogens is 2. The predicted molar refractivity (Wildman–Crippen MR) is 75.5 cm³/mol. The van der Waals surface area contributed by atoms with Gasteiger partial charge < -0.3 is 0 Å². The van der Waals surface area contributed by atoms with Gasteiger partial charge >= 0.3 is 0 Å². The van der Waals surface area contributed by atoms with E-state index in [1.165, 1.54) is 11.3 Å². The first kappa shape index (κ1) is 12.9. The highest BCUT2D eigenvalue weighted by atomic mass is 79.9. The first-order valence-electron chi connectivity index (χ1n) is 4.79. The van der Waals surface area contributed by atoms with Gasteiger partial charge in [0.2, 0.25) is 0 Å². The van der Waals surface area contributed by atoms with Crippen LogP contribution in [-0.4, -0.2) is 15.8 Å². The normalized spacial score (nSPS) is 10.6. The van der Waals surface area contributed by atoms with Crippen molar-refractivity contribution in [2.24, 2.45) is 0 Å². The Morgan fingerprint density at radius 3 is 2.65 bits per heavy atom. The van der Waals surface area contributed by atoms with E-state index < -0.39 is 0 Å². The van der Waals surface area contributed by atoms with Crippen LogP contribution in [-0.2, 0) is 0 Å². The van der Waals surface area contributed by atoms with Gasteiger partial charge in [-0.1, -0.05) is 0 Å². The SMILES string of the molecule is CC(=O)c1sc(-c2ncc(Br)cc2Br)nc1C. The van der Waals surface area contributed by atoms with E-state index in [9.17, 15) is 4.79 Å². The second kappa shape index (κ2) is 4.96. The molecular formula is C11H8Br2N2OS. The number of carbonyl (C=O) groups is 1. The number of hydrogen-bond donors (Lipinski definition) is 0. The van der Waals surface area contributed by atoms with Crippen LogP contribution in [0, 0.1) is 6.92 Å². The highest BCUT2D eigenvalue weighted by Gasteiger charge is 2.15. The molecule has 0 spiro atoms. The second-order valence-electron chi connectivity index (χ2n) is 3.47. The van der Waals surface area contributed by atoms with Crippen molar-refractivity contribution < 1.29 is 4.79 Å². The Bertz CT molecular complexity index is 595. The molecule has 0 fully saturated rings. The lowest BCUT2D eigenvalue weighted by Crippen LogP contribution is -1.89. The zero-order chi connectivity index (χ0) is 12.6. The number of pyridine rings is 1. The number of rotatable bonds is 2. The summed E-state index contributed by atoms with van der Waals surface area (Å²) in [4.78, 5) is 20.8. The molecule has 88 valence electrons. The molecule has 0 aliphatic rings. The Kier molecular flexibility index (Phi) is 3.75. The zero-order valence-electron chi connectivity index (χ0n) is 9.12. The topological polar surface area (TPSA) is 42.9 Å². The van der Waals surface area contributed by atoms with Crippen LogP contribution in [0.3, 0.4) is 0 Å². The fraction of sp³-hybridized carbons (Fsp3) is 0.182. The lowest BCUT2D eigenvalue weighted by atomic mass is 10.3. The van der Waals surface area contributed by atoms with E-state index in [1.54, 1.807) is 13.1 Å². The molecule has 2 heterocycles. The van der Waals surface area contributed by atoms with Gasteiger partial charge in [0.1, 0.15) is 10.7 Å². The summed E-state index contributed by atoms with van der Waals surface area (Å²) in [7, 11) is 0. The third-order valence-electron chi connectivity index (χ3n) is 2.13. The number of Topliss-reactive ketones (excluding diaryl/α,β-unsaturated/α-hetero) is 1. The monoisotopic (exact) mass is 374 g/mol. The molecule has 0 aliphatic carbocycles. The maximum atomic E-state index is 11.4. The number of hydrogen-bond acceptors (Lipinski definition) is 4. The van der Waals surface area contributed by atoms with Gasteiger partial charge in [-0.25, -0.2) is 4.98 Å². The van der Waals surface area contributed by atoms with Gasteiger partial charge in [0.15, 0.2) is 5.78 Å². The van der Waals surface area contributed by atoms with E-state index in [0.29, 0.717) is 4.88 Å². The molecule has 0 amide bonds. The number of nitrogens with zero attached hydrogens (tertiary/aromatic N) is 2. The van der Waals surface area contributed by atoms with Gasteiger partial charge in [0, 0.05) is 22.1 Å². The summed E-state index contributed by atoms with van der Waals surface area (Å²) in [5, 5.41) is 0.757. The molecule has 0 saturated heterocycles. The van der Waals surface area contributed by atoms with E-state index in [4.69, 9.17) is 0 Å². The van der Waals surface area contributed by atoms with Crippen molar-refractivity contribution in [3.63, 3.8) is 0 Å². The number of ketones is 1. The molecule has 0 aliphatic heterocycles. The molecular weight excluding hydrogens is 368 g/mol. The lowest BCUT2D eigenvalue weighted by Gasteiger charge is -1.99. The standard InChI is InChI=1S/C11H8Br2N2OS/c1-5-10(6(2)16)17-11(15-5)9-8(13)3-7(12)4-14-9/h3-4H,1-2H3. The van der Waals surface area contributed by atoms with Crippen molar-refractivity contribution in [3.05, 3.63) is 31.8 Å². The molecule has 6 heteroatoms. The Hall–Kier alpha value is -0.590. The van der Waals surface area contributed by atoms with Crippen molar-refractivity contribution >= 4 is 49.0 Å². The van der Waals surface area contributed by atoms with Crippen molar-refractivity contribution in [2.75, 3.05) is 0 Å². The number of aryl methyl sites for hydroxylation is 1. The summed E-state index contributed by atoms with van der Waals surface area (Å²) < 4.78 is 1.75. The van der Waals surface area contributed by atoms with Crippen LogP contribution >= 0.6 is 43.2 Å². The average molecular weight is 376 g/mol. The summed E-state index contributed by atoms with van der Waals surface area (Å²) in [5.74, 6) is 0.0412. The smallest absolute Gasteiger partial charge is 0.171 e. The Morgan fingerprint density at radius 1 is 1.41 bits per heavy atom. The fourth-order valence-corrected chi connectivity index (χ4v) is 3.68. The maximum absolute atomic E-state index is 11.4. The van der Waals surface area contributed by atoms with Crippen molar-refractivity contribution in [1.82, 2.24) is 9.97 Å². The van der Waals surface area contributed by atoms with Gasteiger partial charge in [-0.3, -0.25) is 9.78 Å². The molecule has 0 atom stereocenters. The molecule has 2 aromatic heterocycles. The maximum Gasteiger partial charge on any atom is 0.171 e. The largest absolute Gasteiger partial charge is 0.294 e. The Balaban J connectivity index is 2.53. The Labute approximate surface area is 120 Å². The van der Waals surface area contributed by atoms with Crippen LogP contribution < -0.4 is 0 Å². The third kappa shape index (κ3) is 2.64. The van der Waals surface area contributed by atoms with Crippen LogP contribution in [0.15, 0.2) is 21.2 Å². The second-order valence-corrected chi connectivity index (χ2v) is 6.24. The summed E-state index contributed by atoms with van der Waals surface area (Å²) in [6.07, 6.45) is 1.71. The molecule has 0 bridgehead atoms. The molecule has 17 heavy (non-hydrogen) atoms. The van der Waals surface area contributed by atoms with Crippen LogP contribution in [0.2, 0.25) is 0 Å². The minimum absolute atomic E-state index is 0.0412. The summed E-state index contributed by atoms with van der Waals surface area (Å²) >= 11 is 8.16. The minimum atomic E-state index is 0.0412. The molecule has 0 saturated carbocycles.